The van der Waals surface area contributed by atoms with Gasteiger partial charge in [0.05, 0.1) is 6.04 Å². The number of nitrogens with one attached hydrogen (secondary N) is 1. The fraction of sp³-hybridized carbons (Fsp3) is 0.778. The fourth-order valence-electron chi connectivity index (χ4n) is 3.30. The number of carboxylic acid groups (broad SMARTS) is 1. The van der Waals surface area contributed by atoms with Gasteiger partial charge in [0.2, 0.25) is 0 Å². The van der Waals surface area contributed by atoms with Crippen molar-refractivity contribution >= 4 is 12.1 Å². The Morgan fingerprint density at radius 2 is 2.14 bits per heavy atom. The van der Waals surface area contributed by atoms with Gasteiger partial charge in [-0.05, 0) is 40.2 Å². The molecule has 158 valence electrons. The van der Waals surface area contributed by atoms with Crippen LogP contribution in [0.1, 0.15) is 58.8 Å². The Bertz CT molecular complexity index is 735. The lowest BCUT2D eigenvalue weighted by Gasteiger charge is -2.29. The van der Waals surface area contributed by atoms with E-state index < -0.39 is 29.5 Å². The molecule has 2 heterocycles. The number of carbonyl (C=O) groups excluding carboxylic acids is 1. The number of carboxylic acids is 1. The Kier molecular flexibility index (Phi) is 7.22. The highest BCUT2D eigenvalue weighted by Crippen LogP contribution is 2.22. The summed E-state index contributed by atoms with van der Waals surface area (Å²) >= 11 is 0. The average molecular weight is 398 g/mol. The van der Waals surface area contributed by atoms with Crippen LogP contribution in [0.5, 0.6) is 0 Å². The molecule has 1 amide bonds. The number of aromatic nitrogens is 2. The van der Waals surface area contributed by atoms with Gasteiger partial charge in [-0.15, -0.1) is 0 Å². The second kappa shape index (κ2) is 9.22. The average Bonchev–Trinajstić information content (AvgIpc) is 2.82. The van der Waals surface area contributed by atoms with Gasteiger partial charge < -0.3 is 15.2 Å². The molecule has 2 unspecified atom stereocenters. The summed E-state index contributed by atoms with van der Waals surface area (Å²) in [6, 6.07) is -1.27. The highest BCUT2D eigenvalue weighted by atomic mass is 16.6. The van der Waals surface area contributed by atoms with E-state index in [0.29, 0.717) is 25.3 Å². The first-order chi connectivity index (χ1) is 13.1. The molecule has 2 rings (SSSR count). The molecule has 0 saturated heterocycles. The van der Waals surface area contributed by atoms with Gasteiger partial charge in [0, 0.05) is 19.5 Å². The molecule has 0 aliphatic carbocycles. The van der Waals surface area contributed by atoms with Gasteiger partial charge in [0.15, 0.2) is 5.82 Å². The summed E-state index contributed by atoms with van der Waals surface area (Å²) in [4.78, 5) is 37.6. The SMILES string of the molecule is CCN(CC(NC(=O)OC(C)(C)C)C(=O)O)CC1CCCCc2noc(=O)n21. The van der Waals surface area contributed by atoms with E-state index in [2.05, 4.69) is 10.5 Å². The van der Waals surface area contributed by atoms with E-state index in [1.807, 2.05) is 11.8 Å². The third kappa shape index (κ3) is 6.08. The molecule has 10 nitrogen and oxygen atoms in total. The molecular formula is C18H30N4O6. The summed E-state index contributed by atoms with van der Waals surface area (Å²) in [7, 11) is 0. The van der Waals surface area contributed by atoms with Crippen molar-refractivity contribution in [2.45, 2.75) is 71.1 Å². The number of fused-ring (bicyclic) bond motifs is 1. The topological polar surface area (TPSA) is 127 Å². The summed E-state index contributed by atoms with van der Waals surface area (Å²) in [5, 5.41) is 15.8. The standard InChI is InChI=1S/C18H30N4O6/c1-5-21(11-13(15(23)24)19-16(25)27-18(2,3)4)10-12-8-6-7-9-14-20-28-17(26)22(12)14/h12-13H,5-11H2,1-4H3,(H,19,25)(H,23,24). The van der Waals surface area contributed by atoms with Crippen molar-refractivity contribution in [1.29, 1.82) is 0 Å². The van der Waals surface area contributed by atoms with Gasteiger partial charge in [-0.1, -0.05) is 18.5 Å². The largest absolute Gasteiger partial charge is 0.480 e. The van der Waals surface area contributed by atoms with Gasteiger partial charge in [-0.25, -0.2) is 14.4 Å². The monoisotopic (exact) mass is 398 g/mol. The minimum atomic E-state index is -1.15. The zero-order chi connectivity index (χ0) is 20.9. The van der Waals surface area contributed by atoms with Crippen LogP contribution in [0.4, 0.5) is 4.79 Å². The predicted molar refractivity (Wildman–Crippen MR) is 100 cm³/mol. The van der Waals surface area contributed by atoms with E-state index in [9.17, 15) is 19.5 Å². The maximum absolute atomic E-state index is 12.1. The van der Waals surface area contributed by atoms with E-state index >= 15 is 0 Å². The number of likely N-dealkylation sites (N-methyl/N-ethyl adjacent to an activating group) is 1. The number of amides is 1. The molecule has 0 radical (unpaired) electrons. The molecule has 0 aromatic carbocycles. The molecule has 2 N–H and O–H groups in total. The summed E-state index contributed by atoms with van der Waals surface area (Å²) in [5.74, 6) is -1.00. The van der Waals surface area contributed by atoms with E-state index in [1.54, 1.807) is 25.3 Å². The van der Waals surface area contributed by atoms with E-state index in [0.717, 1.165) is 19.3 Å². The van der Waals surface area contributed by atoms with Crippen molar-refractivity contribution in [1.82, 2.24) is 19.9 Å². The highest BCUT2D eigenvalue weighted by Gasteiger charge is 2.29. The molecule has 0 fully saturated rings. The quantitative estimate of drug-likeness (QED) is 0.706. The Labute approximate surface area is 163 Å². The van der Waals surface area contributed by atoms with Gasteiger partial charge in [-0.3, -0.25) is 14.0 Å². The van der Waals surface area contributed by atoms with Crippen LogP contribution < -0.4 is 11.1 Å². The molecule has 0 saturated carbocycles. The summed E-state index contributed by atoms with van der Waals surface area (Å²) in [6.45, 7) is 8.15. The zero-order valence-electron chi connectivity index (χ0n) is 16.9. The molecule has 0 bridgehead atoms. The molecule has 1 aliphatic heterocycles. The Morgan fingerprint density at radius 3 is 2.75 bits per heavy atom. The predicted octanol–water partition coefficient (Wildman–Crippen LogP) is 1.40. The van der Waals surface area contributed by atoms with E-state index in [-0.39, 0.29) is 12.6 Å². The van der Waals surface area contributed by atoms with Crippen molar-refractivity contribution in [2.75, 3.05) is 19.6 Å². The first-order valence-corrected chi connectivity index (χ1v) is 9.62. The lowest BCUT2D eigenvalue weighted by Crippen LogP contribution is -2.50. The molecule has 10 heteroatoms. The molecule has 1 aromatic rings. The van der Waals surface area contributed by atoms with Crippen LogP contribution in [0.25, 0.3) is 0 Å². The van der Waals surface area contributed by atoms with Gasteiger partial charge in [0.25, 0.3) is 0 Å². The number of nitrogens with zero attached hydrogens (tertiary/aromatic N) is 3. The molecular weight excluding hydrogens is 368 g/mol. The summed E-state index contributed by atoms with van der Waals surface area (Å²) in [6.07, 6.45) is 2.56. The Hall–Kier alpha value is -2.36. The molecule has 1 aromatic heterocycles. The maximum Gasteiger partial charge on any atom is 0.441 e. The molecule has 0 spiro atoms. The highest BCUT2D eigenvalue weighted by molar-refractivity contribution is 5.80. The smallest absolute Gasteiger partial charge is 0.441 e. The first-order valence-electron chi connectivity index (χ1n) is 9.62. The van der Waals surface area contributed by atoms with E-state index in [1.165, 1.54) is 0 Å². The number of hydrogen-bond donors (Lipinski definition) is 2. The maximum atomic E-state index is 12.1. The van der Waals surface area contributed by atoms with Crippen LogP contribution in [0.15, 0.2) is 9.32 Å². The van der Waals surface area contributed by atoms with Gasteiger partial charge >= 0.3 is 17.8 Å². The number of alkyl carbamates (subject to hydrolysis) is 1. The van der Waals surface area contributed by atoms with E-state index in [4.69, 9.17) is 9.26 Å². The Morgan fingerprint density at radius 1 is 1.43 bits per heavy atom. The zero-order valence-corrected chi connectivity index (χ0v) is 16.9. The van der Waals surface area contributed by atoms with Crippen LogP contribution in [0.2, 0.25) is 0 Å². The third-order valence-corrected chi connectivity index (χ3v) is 4.60. The number of aryl methyl sites for hydroxylation is 1. The van der Waals surface area contributed by atoms with Crippen LogP contribution >= 0.6 is 0 Å². The number of ether oxygens (including phenoxy) is 1. The van der Waals surface area contributed by atoms with Crippen molar-refractivity contribution in [3.05, 3.63) is 16.4 Å². The number of aliphatic carboxylic acids is 1. The fourth-order valence-corrected chi connectivity index (χ4v) is 3.30. The molecule has 28 heavy (non-hydrogen) atoms. The lowest BCUT2D eigenvalue weighted by atomic mass is 10.1. The second-order valence-corrected chi connectivity index (χ2v) is 8.02. The second-order valence-electron chi connectivity index (χ2n) is 8.02. The third-order valence-electron chi connectivity index (χ3n) is 4.60. The summed E-state index contributed by atoms with van der Waals surface area (Å²) < 4.78 is 11.5. The van der Waals surface area contributed by atoms with Gasteiger partial charge in [0.1, 0.15) is 11.6 Å². The van der Waals surface area contributed by atoms with Crippen molar-refractivity contribution < 1.29 is 24.0 Å². The minimum Gasteiger partial charge on any atom is -0.480 e. The normalized spacial score (nSPS) is 18.2. The van der Waals surface area contributed by atoms with Gasteiger partial charge in [-0.2, -0.15) is 0 Å². The van der Waals surface area contributed by atoms with Crippen molar-refractivity contribution in [3.8, 4) is 0 Å². The van der Waals surface area contributed by atoms with Crippen LogP contribution in [-0.4, -0.2) is 63.1 Å². The lowest BCUT2D eigenvalue weighted by molar-refractivity contribution is -0.140. The van der Waals surface area contributed by atoms with Crippen LogP contribution in [-0.2, 0) is 16.0 Å². The van der Waals surface area contributed by atoms with Crippen molar-refractivity contribution in [2.24, 2.45) is 0 Å². The molecule has 2 atom stereocenters. The van der Waals surface area contributed by atoms with Crippen molar-refractivity contribution in [3.63, 3.8) is 0 Å². The summed E-state index contributed by atoms with van der Waals surface area (Å²) in [5.41, 5.74) is -0.718. The minimum absolute atomic E-state index is 0.0942. The first kappa shape index (κ1) is 21.9. The van der Waals surface area contributed by atoms with Crippen LogP contribution in [0.3, 0.4) is 0 Å². The Balaban J connectivity index is 2.07. The molecule has 1 aliphatic rings. The number of carbonyl (C=O) groups is 2. The number of hydrogen-bond acceptors (Lipinski definition) is 7. The van der Waals surface area contributed by atoms with Crippen LogP contribution in [0, 0.1) is 0 Å². The number of rotatable bonds is 7.